The van der Waals surface area contributed by atoms with Crippen LogP contribution >= 0.6 is 24.0 Å². The second kappa shape index (κ2) is 10.7. The van der Waals surface area contributed by atoms with Crippen molar-refractivity contribution < 1.29 is 8.83 Å². The zero-order chi connectivity index (χ0) is 18.4. The molecule has 1 saturated heterocycles. The molecule has 1 aliphatic rings. The first-order chi connectivity index (χ1) is 12.7. The normalized spacial score (nSPS) is 16.2. The fourth-order valence-electron chi connectivity index (χ4n) is 3.23. The fraction of sp³-hybridized carbons (Fsp3) is 0.579. The molecule has 1 fully saturated rings. The Bertz CT molecular complexity index is 688. The van der Waals surface area contributed by atoms with Crippen LogP contribution < -0.4 is 10.6 Å². The molecule has 7 nitrogen and oxygen atoms in total. The maximum atomic E-state index is 5.68. The zero-order valence-corrected chi connectivity index (χ0v) is 18.7. The van der Waals surface area contributed by atoms with Crippen molar-refractivity contribution in [2.75, 3.05) is 26.2 Å². The second-order valence-corrected chi connectivity index (χ2v) is 6.60. The van der Waals surface area contributed by atoms with Crippen LogP contribution in [0.25, 0.3) is 0 Å². The maximum Gasteiger partial charge on any atom is 0.216 e. The van der Waals surface area contributed by atoms with Crippen molar-refractivity contribution in [2.45, 2.75) is 46.2 Å². The van der Waals surface area contributed by atoms with Gasteiger partial charge >= 0.3 is 0 Å². The highest BCUT2D eigenvalue weighted by Gasteiger charge is 2.25. The minimum atomic E-state index is 0. The molecular weight excluding hydrogens is 457 g/mol. The number of oxazole rings is 1. The average molecular weight is 487 g/mol. The molecule has 0 amide bonds. The van der Waals surface area contributed by atoms with Crippen LogP contribution in [0.5, 0.6) is 0 Å². The van der Waals surface area contributed by atoms with E-state index in [-0.39, 0.29) is 30.0 Å². The molecule has 2 N–H and O–H groups in total. The van der Waals surface area contributed by atoms with Crippen molar-refractivity contribution >= 4 is 29.9 Å². The number of likely N-dealkylation sites (tertiary alicyclic amines) is 1. The summed E-state index contributed by atoms with van der Waals surface area (Å²) in [7, 11) is 0. The quantitative estimate of drug-likeness (QED) is 0.354. The summed E-state index contributed by atoms with van der Waals surface area (Å²) in [4.78, 5) is 11.5. The molecule has 0 saturated carbocycles. The average Bonchev–Trinajstić information content (AvgIpc) is 3.37. The molecule has 3 heterocycles. The van der Waals surface area contributed by atoms with E-state index in [1.165, 1.54) is 12.8 Å². The Morgan fingerprint density at radius 2 is 2.07 bits per heavy atom. The monoisotopic (exact) mass is 487 g/mol. The zero-order valence-electron chi connectivity index (χ0n) is 16.3. The van der Waals surface area contributed by atoms with Gasteiger partial charge in [0.1, 0.15) is 18.1 Å². The van der Waals surface area contributed by atoms with Gasteiger partial charge in [-0.1, -0.05) is 0 Å². The van der Waals surface area contributed by atoms with Crippen LogP contribution in [0.1, 0.15) is 48.9 Å². The van der Waals surface area contributed by atoms with Gasteiger partial charge in [0, 0.05) is 13.1 Å². The molecule has 3 rings (SSSR count). The van der Waals surface area contributed by atoms with E-state index < -0.39 is 0 Å². The van der Waals surface area contributed by atoms with Gasteiger partial charge in [0.2, 0.25) is 5.89 Å². The molecule has 0 spiro atoms. The predicted molar refractivity (Wildman–Crippen MR) is 116 cm³/mol. The topological polar surface area (TPSA) is 78.8 Å². The summed E-state index contributed by atoms with van der Waals surface area (Å²) in [5.74, 6) is 3.24. The molecule has 1 aliphatic heterocycles. The van der Waals surface area contributed by atoms with Crippen LogP contribution in [0.3, 0.4) is 0 Å². The lowest BCUT2D eigenvalue weighted by molar-refractivity contribution is 0.215. The van der Waals surface area contributed by atoms with E-state index in [4.69, 9.17) is 8.83 Å². The number of halogens is 1. The Labute approximate surface area is 178 Å². The Kier molecular flexibility index (Phi) is 8.62. The van der Waals surface area contributed by atoms with E-state index in [2.05, 4.69) is 32.4 Å². The third-order valence-electron chi connectivity index (χ3n) is 4.71. The molecular formula is C19H30IN5O2. The molecule has 2 aromatic rings. The van der Waals surface area contributed by atoms with Gasteiger partial charge in [-0.25, -0.2) is 9.98 Å². The minimum Gasteiger partial charge on any atom is -0.468 e. The first-order valence-electron chi connectivity index (χ1n) is 9.40. The largest absolute Gasteiger partial charge is 0.468 e. The number of hydrogen-bond donors (Lipinski definition) is 2. The number of rotatable bonds is 7. The Morgan fingerprint density at radius 1 is 1.30 bits per heavy atom. The molecule has 1 unspecified atom stereocenters. The molecule has 1 atom stereocenters. The number of guanidine groups is 1. The van der Waals surface area contributed by atoms with Crippen LogP contribution in [0.4, 0.5) is 0 Å². The van der Waals surface area contributed by atoms with Gasteiger partial charge in [-0.15, -0.1) is 24.0 Å². The van der Waals surface area contributed by atoms with Crippen molar-refractivity contribution in [3.8, 4) is 0 Å². The summed E-state index contributed by atoms with van der Waals surface area (Å²) in [6.07, 6.45) is 4.23. The SMILES string of the molecule is CCNC(=NCc1nc(C)c(C)o1)NCC(c1ccco1)N1CCCC1.I. The Morgan fingerprint density at radius 3 is 2.67 bits per heavy atom. The van der Waals surface area contributed by atoms with Crippen LogP contribution in [-0.4, -0.2) is 42.0 Å². The third kappa shape index (κ3) is 5.97. The molecule has 0 bridgehead atoms. The minimum absolute atomic E-state index is 0. The van der Waals surface area contributed by atoms with Gasteiger partial charge in [0.25, 0.3) is 0 Å². The lowest BCUT2D eigenvalue weighted by Crippen LogP contribution is -2.42. The molecule has 0 aliphatic carbocycles. The standard InChI is InChI=1S/C19H29N5O2.HI/c1-4-20-19(22-13-18-23-14(2)15(3)26-18)21-12-16(17-8-7-11-25-17)24-9-5-6-10-24;/h7-8,11,16H,4-6,9-10,12-13H2,1-3H3,(H2,20,21,22);1H. The van der Waals surface area contributed by atoms with Crippen LogP contribution in [0.15, 0.2) is 32.2 Å². The van der Waals surface area contributed by atoms with Gasteiger partial charge in [0.05, 0.1) is 18.0 Å². The van der Waals surface area contributed by atoms with Gasteiger partial charge in [0.15, 0.2) is 5.96 Å². The third-order valence-corrected chi connectivity index (χ3v) is 4.71. The van der Waals surface area contributed by atoms with Crippen LogP contribution in [0, 0.1) is 13.8 Å². The second-order valence-electron chi connectivity index (χ2n) is 6.60. The van der Waals surface area contributed by atoms with Crippen molar-refractivity contribution in [3.05, 3.63) is 41.5 Å². The van der Waals surface area contributed by atoms with Gasteiger partial charge < -0.3 is 19.5 Å². The summed E-state index contributed by atoms with van der Waals surface area (Å²) < 4.78 is 11.3. The predicted octanol–water partition coefficient (Wildman–Crippen LogP) is 3.39. The lowest BCUT2D eigenvalue weighted by Gasteiger charge is -2.26. The van der Waals surface area contributed by atoms with E-state index >= 15 is 0 Å². The summed E-state index contributed by atoms with van der Waals surface area (Å²) in [5, 5.41) is 6.73. The summed E-state index contributed by atoms with van der Waals surface area (Å²) in [5.41, 5.74) is 0.917. The van der Waals surface area contributed by atoms with E-state index in [0.29, 0.717) is 12.4 Å². The van der Waals surface area contributed by atoms with Crippen molar-refractivity contribution in [1.82, 2.24) is 20.5 Å². The summed E-state index contributed by atoms with van der Waals surface area (Å²) in [6.45, 7) is 10.1. The molecule has 150 valence electrons. The van der Waals surface area contributed by atoms with Gasteiger partial charge in [-0.3, -0.25) is 4.90 Å². The Balaban J connectivity index is 0.00000261. The van der Waals surface area contributed by atoms with Crippen molar-refractivity contribution in [1.29, 1.82) is 0 Å². The molecule has 2 aromatic heterocycles. The number of hydrogen-bond acceptors (Lipinski definition) is 5. The highest BCUT2D eigenvalue weighted by atomic mass is 127. The number of furan rings is 1. The molecule has 27 heavy (non-hydrogen) atoms. The Hall–Kier alpha value is -1.55. The number of aromatic nitrogens is 1. The maximum absolute atomic E-state index is 5.68. The van der Waals surface area contributed by atoms with Crippen LogP contribution in [-0.2, 0) is 6.54 Å². The summed E-state index contributed by atoms with van der Waals surface area (Å²) >= 11 is 0. The van der Waals surface area contributed by atoms with Crippen molar-refractivity contribution in [2.24, 2.45) is 4.99 Å². The van der Waals surface area contributed by atoms with E-state index in [0.717, 1.165) is 49.4 Å². The first kappa shape index (κ1) is 21.7. The number of aryl methyl sites for hydroxylation is 2. The fourth-order valence-corrected chi connectivity index (χ4v) is 3.23. The number of nitrogens with zero attached hydrogens (tertiary/aromatic N) is 3. The smallest absolute Gasteiger partial charge is 0.216 e. The van der Waals surface area contributed by atoms with E-state index in [9.17, 15) is 0 Å². The van der Waals surface area contributed by atoms with E-state index in [1.54, 1.807) is 6.26 Å². The van der Waals surface area contributed by atoms with Gasteiger partial charge in [-0.05, 0) is 58.8 Å². The van der Waals surface area contributed by atoms with Crippen molar-refractivity contribution in [3.63, 3.8) is 0 Å². The first-order valence-corrected chi connectivity index (χ1v) is 9.40. The highest BCUT2D eigenvalue weighted by Crippen LogP contribution is 2.24. The van der Waals surface area contributed by atoms with E-state index in [1.807, 2.05) is 26.0 Å². The van der Waals surface area contributed by atoms with Crippen LogP contribution in [0.2, 0.25) is 0 Å². The molecule has 0 aromatic carbocycles. The highest BCUT2D eigenvalue weighted by molar-refractivity contribution is 14.0. The molecule has 0 radical (unpaired) electrons. The lowest BCUT2D eigenvalue weighted by atomic mass is 10.2. The number of nitrogens with one attached hydrogen (secondary N) is 2. The number of aliphatic imine (C=N–C) groups is 1. The molecule has 8 heteroatoms. The summed E-state index contributed by atoms with van der Waals surface area (Å²) in [6, 6.07) is 4.21. The van der Waals surface area contributed by atoms with Gasteiger partial charge in [-0.2, -0.15) is 0 Å².